The molecule has 2 atom stereocenters. The van der Waals surface area contributed by atoms with Crippen LogP contribution in [0.3, 0.4) is 0 Å². The van der Waals surface area contributed by atoms with Gasteiger partial charge in [0.2, 0.25) is 5.91 Å². The van der Waals surface area contributed by atoms with Crippen LogP contribution in [0.1, 0.15) is 39.2 Å². The van der Waals surface area contributed by atoms with Crippen LogP contribution in [-0.4, -0.2) is 57.1 Å². The van der Waals surface area contributed by atoms with E-state index in [1.165, 1.54) is 0 Å². The molecular formula is C21H27N3O5. The van der Waals surface area contributed by atoms with Crippen molar-refractivity contribution in [3.63, 3.8) is 0 Å². The summed E-state index contributed by atoms with van der Waals surface area (Å²) in [5.74, 6) is -2.29. The summed E-state index contributed by atoms with van der Waals surface area (Å²) in [7, 11) is 0. The molecule has 2 aromatic rings. The normalized spacial score (nSPS) is 18.6. The highest BCUT2D eigenvalue weighted by Crippen LogP contribution is 2.21. The number of amides is 1. The van der Waals surface area contributed by atoms with Gasteiger partial charge in [0.05, 0.1) is 0 Å². The van der Waals surface area contributed by atoms with E-state index in [4.69, 9.17) is 4.74 Å². The molecular weight excluding hydrogens is 374 g/mol. The number of benzene rings is 1. The van der Waals surface area contributed by atoms with Crippen LogP contribution in [0.15, 0.2) is 30.5 Å². The first-order chi connectivity index (χ1) is 13.7. The highest BCUT2D eigenvalue weighted by atomic mass is 16.6. The van der Waals surface area contributed by atoms with Gasteiger partial charge in [-0.05, 0) is 45.2 Å². The van der Waals surface area contributed by atoms with Gasteiger partial charge in [-0.15, -0.1) is 0 Å². The van der Waals surface area contributed by atoms with Gasteiger partial charge >= 0.3 is 5.97 Å². The number of carbonyl (C=O) groups excluding carboxylic acids is 3. The minimum atomic E-state index is -1.09. The van der Waals surface area contributed by atoms with Gasteiger partial charge in [-0.3, -0.25) is 9.59 Å². The van der Waals surface area contributed by atoms with E-state index < -0.39 is 35.3 Å². The molecule has 0 spiro atoms. The van der Waals surface area contributed by atoms with Gasteiger partial charge in [-0.1, -0.05) is 18.2 Å². The fourth-order valence-corrected chi connectivity index (χ4v) is 3.49. The summed E-state index contributed by atoms with van der Waals surface area (Å²) in [5, 5.41) is 14.4. The number of nitrogens with one attached hydrogen (secondary N) is 2. The number of nitrogens with zero attached hydrogens (tertiary/aromatic N) is 1. The first kappa shape index (κ1) is 21.0. The summed E-state index contributed by atoms with van der Waals surface area (Å²) in [5.41, 5.74) is 0.875. The molecule has 3 rings (SSSR count). The van der Waals surface area contributed by atoms with Gasteiger partial charge in [-0.2, -0.15) is 5.06 Å². The van der Waals surface area contributed by atoms with Crippen LogP contribution < -0.4 is 5.32 Å². The van der Waals surface area contributed by atoms with Crippen LogP contribution in [0.5, 0.6) is 0 Å². The van der Waals surface area contributed by atoms with E-state index in [0.717, 1.165) is 21.5 Å². The number of fused-ring (bicyclic) bond motifs is 1. The number of ether oxygens (including phenoxy) is 1. The van der Waals surface area contributed by atoms with Crippen molar-refractivity contribution < 1.29 is 24.3 Å². The van der Waals surface area contributed by atoms with Crippen molar-refractivity contribution in [1.29, 1.82) is 0 Å². The summed E-state index contributed by atoms with van der Waals surface area (Å²) in [4.78, 5) is 41.0. The number of hydroxylamine groups is 2. The van der Waals surface area contributed by atoms with Gasteiger partial charge in [0.1, 0.15) is 17.7 Å². The van der Waals surface area contributed by atoms with Gasteiger partial charge in [0.15, 0.2) is 0 Å². The van der Waals surface area contributed by atoms with E-state index in [1.807, 2.05) is 24.3 Å². The van der Waals surface area contributed by atoms with Crippen LogP contribution in [-0.2, 0) is 25.5 Å². The first-order valence-electron chi connectivity index (χ1n) is 9.74. The topological polar surface area (TPSA) is 112 Å². The number of para-hydroxylation sites is 1. The molecule has 0 aliphatic carbocycles. The molecule has 29 heavy (non-hydrogen) atoms. The monoisotopic (exact) mass is 401 g/mol. The molecule has 8 nitrogen and oxygen atoms in total. The molecule has 0 saturated carbocycles. The number of aromatic amines is 1. The molecule has 0 radical (unpaired) electrons. The molecule has 2 heterocycles. The summed E-state index contributed by atoms with van der Waals surface area (Å²) >= 11 is 0. The quantitative estimate of drug-likeness (QED) is 0.504. The second-order valence-corrected chi connectivity index (χ2v) is 8.31. The largest absolute Gasteiger partial charge is 0.454 e. The van der Waals surface area contributed by atoms with E-state index in [-0.39, 0.29) is 6.42 Å². The molecule has 1 aliphatic rings. The third kappa shape index (κ3) is 5.02. The molecule has 3 N–H and O–H groups in total. The molecule has 0 bridgehead atoms. The highest BCUT2D eigenvalue weighted by Gasteiger charge is 2.36. The molecule has 1 aromatic carbocycles. The Hall–Kier alpha value is -2.71. The zero-order valence-corrected chi connectivity index (χ0v) is 16.9. The average Bonchev–Trinajstić information content (AvgIpc) is 3.25. The van der Waals surface area contributed by atoms with Crippen molar-refractivity contribution >= 4 is 28.6 Å². The Morgan fingerprint density at radius 1 is 1.31 bits per heavy atom. The molecule has 156 valence electrons. The van der Waals surface area contributed by atoms with E-state index >= 15 is 0 Å². The number of esters is 1. The second kappa shape index (κ2) is 8.34. The van der Waals surface area contributed by atoms with Crippen LogP contribution in [0, 0.1) is 0 Å². The summed E-state index contributed by atoms with van der Waals surface area (Å²) in [6.45, 7) is 5.42. The number of carbonyl (C=O) groups is 3. The zero-order chi connectivity index (χ0) is 21.2. The smallest absolute Gasteiger partial charge is 0.377 e. The van der Waals surface area contributed by atoms with E-state index in [1.54, 1.807) is 27.0 Å². The predicted molar refractivity (Wildman–Crippen MR) is 106 cm³/mol. The lowest BCUT2D eigenvalue weighted by Crippen LogP contribution is -2.51. The number of rotatable bonds is 6. The third-order valence-electron chi connectivity index (χ3n) is 4.86. The minimum absolute atomic E-state index is 0.131. The minimum Gasteiger partial charge on any atom is -0.454 e. The van der Waals surface area contributed by atoms with Gasteiger partial charge < -0.3 is 20.2 Å². The van der Waals surface area contributed by atoms with Crippen molar-refractivity contribution in [3.8, 4) is 0 Å². The van der Waals surface area contributed by atoms with E-state index in [0.29, 0.717) is 19.4 Å². The molecule has 1 fully saturated rings. The number of hydrogen-bond acceptors (Lipinski definition) is 6. The van der Waals surface area contributed by atoms with Crippen LogP contribution in [0.4, 0.5) is 0 Å². The Morgan fingerprint density at radius 2 is 2.03 bits per heavy atom. The maximum absolute atomic E-state index is 12.8. The number of hydrogen-bond donors (Lipinski definition) is 3. The number of ketones is 1. The number of aromatic nitrogens is 1. The lowest BCUT2D eigenvalue weighted by Gasteiger charge is -2.24. The molecule has 1 aromatic heterocycles. The lowest BCUT2D eigenvalue weighted by molar-refractivity contribution is -0.163. The first-order valence-corrected chi connectivity index (χ1v) is 9.74. The van der Waals surface area contributed by atoms with Crippen molar-refractivity contribution in [2.75, 3.05) is 6.54 Å². The standard InChI is InChI=1S/C21H27N3O5/c1-21(2,3)29-20(27)18(25)16(23-19(26)17-9-6-10-24(17)28)11-13-12-22-15-8-5-4-7-14(13)15/h4-5,7-8,12,16-17,22,28H,6,9-11H2,1-3H3,(H,23,26)/t16-,17-/m0/s1. The van der Waals surface area contributed by atoms with Crippen molar-refractivity contribution in [1.82, 2.24) is 15.4 Å². The summed E-state index contributed by atoms with van der Waals surface area (Å²) in [6.07, 6.45) is 3.07. The van der Waals surface area contributed by atoms with E-state index in [2.05, 4.69) is 10.3 Å². The highest BCUT2D eigenvalue weighted by molar-refractivity contribution is 6.36. The fourth-order valence-electron chi connectivity index (χ4n) is 3.49. The van der Waals surface area contributed by atoms with E-state index in [9.17, 15) is 19.6 Å². The Morgan fingerprint density at radius 3 is 2.69 bits per heavy atom. The lowest BCUT2D eigenvalue weighted by atomic mass is 10.0. The van der Waals surface area contributed by atoms with Crippen LogP contribution >= 0.6 is 0 Å². The Kier molecular flexibility index (Phi) is 6.04. The number of H-pyrrole nitrogens is 1. The second-order valence-electron chi connectivity index (χ2n) is 8.31. The maximum Gasteiger partial charge on any atom is 0.377 e. The Labute approximate surface area is 169 Å². The van der Waals surface area contributed by atoms with Gasteiger partial charge in [0.25, 0.3) is 5.78 Å². The van der Waals surface area contributed by atoms with Gasteiger partial charge in [0, 0.05) is 30.1 Å². The predicted octanol–water partition coefficient (Wildman–Crippen LogP) is 1.96. The molecule has 1 aliphatic heterocycles. The molecule has 1 amide bonds. The fraction of sp³-hybridized carbons (Fsp3) is 0.476. The average molecular weight is 401 g/mol. The van der Waals surface area contributed by atoms with Crippen LogP contribution in [0.2, 0.25) is 0 Å². The van der Waals surface area contributed by atoms with Gasteiger partial charge in [-0.25, -0.2) is 4.79 Å². The molecule has 8 heteroatoms. The van der Waals surface area contributed by atoms with Crippen molar-refractivity contribution in [2.45, 2.75) is 57.7 Å². The Bertz CT molecular complexity index is 914. The molecule has 0 unspecified atom stereocenters. The summed E-state index contributed by atoms with van der Waals surface area (Å²) < 4.78 is 5.21. The third-order valence-corrected chi connectivity index (χ3v) is 4.86. The maximum atomic E-state index is 12.8. The van der Waals surface area contributed by atoms with Crippen molar-refractivity contribution in [2.24, 2.45) is 0 Å². The molecule has 1 saturated heterocycles. The van der Waals surface area contributed by atoms with Crippen molar-refractivity contribution in [3.05, 3.63) is 36.0 Å². The Balaban J connectivity index is 1.83. The van der Waals surface area contributed by atoms with Crippen LogP contribution in [0.25, 0.3) is 10.9 Å². The SMILES string of the molecule is CC(C)(C)OC(=O)C(=O)[C@H](Cc1c[nH]c2ccccc12)NC(=O)[C@@H]1CCCN1O. The number of Topliss-reactive ketones (excluding diaryl/α,β-unsaturated/α-hetero) is 1. The summed E-state index contributed by atoms with van der Waals surface area (Å²) in [6, 6.07) is 5.76. The zero-order valence-electron chi connectivity index (χ0n) is 16.9.